The number of fused-ring (bicyclic) bond motifs is 1. The van der Waals surface area contributed by atoms with E-state index in [4.69, 9.17) is 0 Å². The van der Waals surface area contributed by atoms with Gasteiger partial charge in [-0.15, -0.1) is 0 Å². The lowest BCUT2D eigenvalue weighted by Gasteiger charge is -2.44. The molecule has 0 spiro atoms. The summed E-state index contributed by atoms with van der Waals surface area (Å²) in [5, 5.41) is 13.8. The van der Waals surface area contributed by atoms with E-state index in [1.54, 1.807) is 19.2 Å². The second-order valence-electron chi connectivity index (χ2n) is 6.70. The summed E-state index contributed by atoms with van der Waals surface area (Å²) in [5.74, 6) is 0. The van der Waals surface area contributed by atoms with Crippen molar-refractivity contribution < 1.29 is 18.3 Å². The van der Waals surface area contributed by atoms with Crippen molar-refractivity contribution in [3.63, 3.8) is 0 Å². The maximum Gasteiger partial charge on any atom is 0.405 e. The summed E-state index contributed by atoms with van der Waals surface area (Å²) >= 11 is 0. The molecule has 27 heavy (non-hydrogen) atoms. The van der Waals surface area contributed by atoms with Gasteiger partial charge in [0.1, 0.15) is 6.54 Å². The zero-order chi connectivity index (χ0) is 19.4. The van der Waals surface area contributed by atoms with Gasteiger partial charge in [0.15, 0.2) is 0 Å². The van der Waals surface area contributed by atoms with Gasteiger partial charge < -0.3 is 20.2 Å². The van der Waals surface area contributed by atoms with Gasteiger partial charge in [-0.05, 0) is 24.7 Å². The van der Waals surface area contributed by atoms with E-state index in [9.17, 15) is 18.3 Å². The van der Waals surface area contributed by atoms with Gasteiger partial charge in [0, 0.05) is 19.6 Å². The molecule has 146 valence electrons. The minimum absolute atomic E-state index is 0.242. The number of hydrogen-bond donors (Lipinski definition) is 2. The smallest absolute Gasteiger partial charge is 0.389 e. The van der Waals surface area contributed by atoms with Gasteiger partial charge in [-0.3, -0.25) is 0 Å². The van der Waals surface area contributed by atoms with Crippen LogP contribution in [-0.2, 0) is 0 Å². The Hall–Kier alpha value is -2.25. The number of para-hydroxylation sites is 2. The summed E-state index contributed by atoms with van der Waals surface area (Å²) in [6.45, 7) is 0.0387. The third-order valence-corrected chi connectivity index (χ3v) is 4.77. The van der Waals surface area contributed by atoms with Crippen molar-refractivity contribution in [2.75, 3.05) is 43.0 Å². The average Bonchev–Trinajstić information content (AvgIpc) is 2.64. The first-order chi connectivity index (χ1) is 12.9. The predicted molar refractivity (Wildman–Crippen MR) is 101 cm³/mol. The minimum atomic E-state index is -4.26. The molecule has 2 N–H and O–H groups in total. The summed E-state index contributed by atoms with van der Waals surface area (Å²) in [6.07, 6.45) is -4.97. The Morgan fingerprint density at radius 3 is 2.26 bits per heavy atom. The highest BCUT2D eigenvalue weighted by Gasteiger charge is 2.37. The van der Waals surface area contributed by atoms with E-state index in [1.165, 1.54) is 4.90 Å². The summed E-state index contributed by atoms with van der Waals surface area (Å²) in [4.78, 5) is 3.37. The third-order valence-electron chi connectivity index (χ3n) is 4.77. The van der Waals surface area contributed by atoms with Gasteiger partial charge in [0.05, 0.1) is 23.5 Å². The lowest BCUT2D eigenvalue weighted by molar-refractivity contribution is -0.119. The Morgan fingerprint density at radius 1 is 1.00 bits per heavy atom. The number of benzene rings is 2. The molecule has 0 aromatic heterocycles. The molecule has 2 aromatic rings. The van der Waals surface area contributed by atoms with Crippen LogP contribution in [0, 0.1) is 0 Å². The normalized spacial score (nSPS) is 16.8. The number of anilines is 2. The van der Waals surface area contributed by atoms with Crippen LogP contribution in [0.4, 0.5) is 24.5 Å². The summed E-state index contributed by atoms with van der Waals surface area (Å²) in [5.41, 5.74) is 2.18. The minimum Gasteiger partial charge on any atom is -0.389 e. The fourth-order valence-corrected chi connectivity index (χ4v) is 3.69. The number of halogens is 3. The number of alkyl halides is 3. The van der Waals surface area contributed by atoms with Gasteiger partial charge in [-0.1, -0.05) is 42.5 Å². The lowest BCUT2D eigenvalue weighted by Crippen LogP contribution is -2.49. The molecule has 2 unspecified atom stereocenters. The van der Waals surface area contributed by atoms with Crippen LogP contribution < -0.4 is 15.1 Å². The lowest BCUT2D eigenvalue weighted by atomic mass is 9.97. The number of aliphatic hydroxyl groups excluding tert-OH is 1. The van der Waals surface area contributed by atoms with E-state index in [0.717, 1.165) is 5.56 Å². The van der Waals surface area contributed by atoms with Gasteiger partial charge in [-0.2, -0.15) is 13.2 Å². The van der Waals surface area contributed by atoms with Crippen molar-refractivity contribution in [2.45, 2.75) is 18.3 Å². The maximum absolute atomic E-state index is 13.0. The molecule has 2 aromatic carbocycles. The first-order valence-electron chi connectivity index (χ1n) is 8.95. The predicted octanol–water partition coefficient (Wildman–Crippen LogP) is 3.20. The van der Waals surface area contributed by atoms with Crippen LogP contribution in [0.3, 0.4) is 0 Å². The van der Waals surface area contributed by atoms with Crippen molar-refractivity contribution in [1.29, 1.82) is 0 Å². The van der Waals surface area contributed by atoms with Gasteiger partial charge in [-0.25, -0.2) is 0 Å². The molecule has 1 heterocycles. The zero-order valence-electron chi connectivity index (χ0n) is 15.2. The van der Waals surface area contributed by atoms with E-state index >= 15 is 0 Å². The van der Waals surface area contributed by atoms with E-state index < -0.39 is 18.8 Å². The van der Waals surface area contributed by atoms with Gasteiger partial charge in [0.2, 0.25) is 0 Å². The van der Waals surface area contributed by atoms with Crippen molar-refractivity contribution >= 4 is 11.4 Å². The van der Waals surface area contributed by atoms with Crippen LogP contribution in [-0.4, -0.2) is 50.6 Å². The monoisotopic (exact) mass is 379 g/mol. The number of rotatable bonds is 6. The summed E-state index contributed by atoms with van der Waals surface area (Å²) in [6, 6.07) is 16.3. The first-order valence-corrected chi connectivity index (χ1v) is 8.95. The Morgan fingerprint density at radius 2 is 1.63 bits per heavy atom. The molecule has 0 saturated carbocycles. The summed E-state index contributed by atoms with van der Waals surface area (Å²) < 4.78 is 38.9. The largest absolute Gasteiger partial charge is 0.405 e. The SMILES string of the molecule is CNCC(O)C(c1ccccc1)N1CCN(CC(F)(F)F)c2ccccc21. The highest BCUT2D eigenvalue weighted by Crippen LogP contribution is 2.40. The molecule has 1 aliphatic heterocycles. The van der Waals surface area contributed by atoms with Crippen LogP contribution in [0.5, 0.6) is 0 Å². The number of nitrogens with zero attached hydrogens (tertiary/aromatic N) is 2. The second-order valence-corrected chi connectivity index (χ2v) is 6.70. The van der Waals surface area contributed by atoms with E-state index in [2.05, 4.69) is 5.32 Å². The standard InChI is InChI=1S/C20H24F3N3O/c1-24-13-18(27)19(15-7-3-2-4-8-15)26-12-11-25(14-20(21,22)23)16-9-5-6-10-17(16)26/h2-10,18-19,24,27H,11-14H2,1H3. The first kappa shape index (κ1) is 19.5. The molecule has 2 atom stereocenters. The van der Waals surface area contributed by atoms with Crippen LogP contribution in [0.25, 0.3) is 0 Å². The average molecular weight is 379 g/mol. The Balaban J connectivity index is 1.99. The molecule has 3 rings (SSSR count). The maximum atomic E-state index is 13.0. The molecular weight excluding hydrogens is 355 g/mol. The van der Waals surface area contributed by atoms with Crippen LogP contribution >= 0.6 is 0 Å². The summed E-state index contributed by atoms with van der Waals surface area (Å²) in [7, 11) is 1.76. The van der Waals surface area contributed by atoms with Crippen molar-refractivity contribution in [1.82, 2.24) is 5.32 Å². The molecule has 0 bridgehead atoms. The third kappa shape index (κ3) is 4.54. The molecule has 0 amide bonds. The molecule has 0 saturated heterocycles. The fourth-order valence-electron chi connectivity index (χ4n) is 3.69. The Labute approximate surface area is 157 Å². The topological polar surface area (TPSA) is 38.7 Å². The Bertz CT molecular complexity index is 739. The molecule has 7 heteroatoms. The highest BCUT2D eigenvalue weighted by atomic mass is 19.4. The van der Waals surface area contributed by atoms with E-state index in [0.29, 0.717) is 24.5 Å². The van der Waals surface area contributed by atoms with Gasteiger partial charge >= 0.3 is 6.18 Å². The quantitative estimate of drug-likeness (QED) is 0.809. The number of likely N-dealkylation sites (N-methyl/N-ethyl adjacent to an activating group) is 1. The molecule has 1 aliphatic rings. The van der Waals surface area contributed by atoms with E-state index in [1.807, 2.05) is 47.4 Å². The molecule has 0 radical (unpaired) electrons. The number of hydrogen-bond acceptors (Lipinski definition) is 4. The molecular formula is C20H24F3N3O. The van der Waals surface area contributed by atoms with Crippen molar-refractivity contribution in [3.8, 4) is 0 Å². The van der Waals surface area contributed by atoms with Crippen molar-refractivity contribution in [2.24, 2.45) is 0 Å². The molecule has 0 fully saturated rings. The number of nitrogens with one attached hydrogen (secondary N) is 1. The molecule has 4 nitrogen and oxygen atoms in total. The van der Waals surface area contributed by atoms with Gasteiger partial charge in [0.25, 0.3) is 0 Å². The van der Waals surface area contributed by atoms with Crippen LogP contribution in [0.15, 0.2) is 54.6 Å². The van der Waals surface area contributed by atoms with Crippen molar-refractivity contribution in [3.05, 3.63) is 60.2 Å². The Kier molecular flexibility index (Phi) is 5.92. The molecule has 0 aliphatic carbocycles. The van der Waals surface area contributed by atoms with Crippen LogP contribution in [0.1, 0.15) is 11.6 Å². The van der Waals surface area contributed by atoms with E-state index in [-0.39, 0.29) is 12.6 Å². The highest BCUT2D eigenvalue weighted by molar-refractivity contribution is 5.74. The zero-order valence-corrected chi connectivity index (χ0v) is 15.2. The number of aliphatic hydroxyl groups is 1. The van der Waals surface area contributed by atoms with Crippen LogP contribution in [0.2, 0.25) is 0 Å². The fraction of sp³-hybridized carbons (Fsp3) is 0.400. The second kappa shape index (κ2) is 8.19.